The Hall–Kier alpha value is -2.75. The van der Waals surface area contributed by atoms with Gasteiger partial charge in [-0.1, -0.05) is 146 Å². The molecule has 0 radical (unpaired) electrons. The van der Waals surface area contributed by atoms with E-state index in [-0.39, 0.29) is 38.6 Å². The molecule has 0 spiro atoms. The first-order valence-electron chi connectivity index (χ1n) is 23.3. The third kappa shape index (κ3) is 41.4. The van der Waals surface area contributed by atoms with Crippen molar-refractivity contribution in [1.82, 2.24) is 0 Å². The Morgan fingerprint density at radius 3 is 1.43 bits per heavy atom. The van der Waals surface area contributed by atoms with Crippen molar-refractivity contribution in [1.29, 1.82) is 0 Å². The third-order valence-corrected chi connectivity index (χ3v) is 9.81. The van der Waals surface area contributed by atoms with Gasteiger partial charge in [-0.3, -0.25) is 9.59 Å². The van der Waals surface area contributed by atoms with Crippen LogP contribution in [0.25, 0.3) is 0 Å². The molecular weight excluding hydrogens is 731 g/mol. The summed E-state index contributed by atoms with van der Waals surface area (Å²) in [7, 11) is 5.94. The molecule has 0 saturated heterocycles. The zero-order valence-corrected chi connectivity index (χ0v) is 37.9. The van der Waals surface area contributed by atoms with Crippen molar-refractivity contribution in [3.8, 4) is 0 Å². The van der Waals surface area contributed by atoms with E-state index in [1.807, 2.05) is 21.1 Å². The molecule has 0 aromatic rings. The average Bonchev–Trinajstić information content (AvgIpc) is 3.18. The summed E-state index contributed by atoms with van der Waals surface area (Å²) < 4.78 is 22.7. The summed E-state index contributed by atoms with van der Waals surface area (Å²) in [4.78, 5) is 37.1. The molecule has 0 amide bonds. The number of esters is 2. The molecule has 0 aromatic heterocycles. The lowest BCUT2D eigenvalue weighted by Crippen LogP contribution is -2.40. The lowest BCUT2D eigenvalue weighted by Gasteiger charge is -2.25. The number of rotatable bonds is 42. The van der Waals surface area contributed by atoms with Gasteiger partial charge in [0.2, 0.25) is 0 Å². The molecule has 2 unspecified atom stereocenters. The minimum Gasteiger partial charge on any atom is -0.477 e. The summed E-state index contributed by atoms with van der Waals surface area (Å²) in [6, 6.07) is 0. The van der Waals surface area contributed by atoms with Crippen LogP contribution >= 0.6 is 0 Å². The number of unbranched alkanes of at least 4 members (excludes halogenated alkanes) is 19. The fraction of sp³-hybridized carbons (Fsp3) is 0.776. The first kappa shape index (κ1) is 55.2. The van der Waals surface area contributed by atoms with Crippen molar-refractivity contribution >= 4 is 17.9 Å². The van der Waals surface area contributed by atoms with Gasteiger partial charge in [0.05, 0.1) is 34.4 Å². The van der Waals surface area contributed by atoms with Crippen LogP contribution in [0.3, 0.4) is 0 Å². The molecule has 0 aliphatic carbocycles. The van der Waals surface area contributed by atoms with Gasteiger partial charge >= 0.3 is 17.9 Å². The first-order chi connectivity index (χ1) is 28.1. The van der Waals surface area contributed by atoms with Crippen LogP contribution in [0.15, 0.2) is 48.6 Å². The second kappa shape index (κ2) is 41.0. The van der Waals surface area contributed by atoms with Crippen LogP contribution in [-0.2, 0) is 33.3 Å². The number of carbonyl (C=O) groups is 3. The highest BCUT2D eigenvalue weighted by molar-refractivity contribution is 5.71. The molecule has 58 heavy (non-hydrogen) atoms. The lowest BCUT2D eigenvalue weighted by molar-refractivity contribution is -0.870. The second-order valence-electron chi connectivity index (χ2n) is 16.7. The number of hydrogen-bond donors (Lipinski definition) is 1. The first-order valence-corrected chi connectivity index (χ1v) is 23.3. The molecule has 0 saturated carbocycles. The van der Waals surface area contributed by atoms with Crippen molar-refractivity contribution in [3.05, 3.63) is 48.6 Å². The number of quaternary nitrogens is 1. The van der Waals surface area contributed by atoms with Crippen molar-refractivity contribution in [3.63, 3.8) is 0 Å². The number of nitrogens with zero attached hydrogens (tertiary/aromatic N) is 1. The predicted octanol–water partition coefficient (Wildman–Crippen LogP) is 12.4. The Bertz CT molecular complexity index is 1090. The quantitative estimate of drug-likeness (QED) is 0.0213. The highest BCUT2D eigenvalue weighted by Crippen LogP contribution is 2.13. The van der Waals surface area contributed by atoms with E-state index in [0.717, 1.165) is 89.9 Å². The van der Waals surface area contributed by atoms with E-state index >= 15 is 0 Å². The third-order valence-electron chi connectivity index (χ3n) is 9.81. The van der Waals surface area contributed by atoms with E-state index in [4.69, 9.17) is 18.9 Å². The van der Waals surface area contributed by atoms with E-state index in [1.165, 1.54) is 64.2 Å². The maximum Gasteiger partial charge on any atom is 0.361 e. The zero-order chi connectivity index (χ0) is 42.8. The Kier molecular flexibility index (Phi) is 39.1. The van der Waals surface area contributed by atoms with Crippen LogP contribution in [-0.4, -0.2) is 87.4 Å². The summed E-state index contributed by atoms with van der Waals surface area (Å²) >= 11 is 0. The van der Waals surface area contributed by atoms with E-state index in [2.05, 4.69) is 62.5 Å². The largest absolute Gasteiger partial charge is 0.477 e. The van der Waals surface area contributed by atoms with Gasteiger partial charge in [0.1, 0.15) is 13.2 Å². The molecule has 0 aromatic carbocycles. The summed E-state index contributed by atoms with van der Waals surface area (Å²) in [6.07, 6.45) is 44.5. The van der Waals surface area contributed by atoms with Gasteiger partial charge in [0, 0.05) is 12.8 Å². The number of ether oxygens (including phenoxy) is 4. The molecule has 9 heteroatoms. The van der Waals surface area contributed by atoms with E-state index in [0.29, 0.717) is 17.4 Å². The lowest BCUT2D eigenvalue weighted by atomic mass is 10.1. The monoisotopic (exact) mass is 819 g/mol. The SMILES string of the molecule is CCCCC/C=C\CCCCCCCC(=O)OCC(COC(OCC[N+](C)(C)C)C(=O)O)OC(=O)CCCCCCCC/C=C\C/C=C\C/C=C\CCCCCCC. The van der Waals surface area contributed by atoms with Crippen LogP contribution in [0.1, 0.15) is 187 Å². The van der Waals surface area contributed by atoms with Gasteiger partial charge in [-0.2, -0.15) is 0 Å². The van der Waals surface area contributed by atoms with Crippen LogP contribution in [0.5, 0.6) is 0 Å². The van der Waals surface area contributed by atoms with Gasteiger partial charge < -0.3 is 28.5 Å². The number of likely N-dealkylation sites (N-methyl/N-ethyl adjacent to an activating group) is 1. The van der Waals surface area contributed by atoms with Gasteiger partial charge in [0.15, 0.2) is 6.10 Å². The van der Waals surface area contributed by atoms with Crippen molar-refractivity contribution < 1.29 is 42.9 Å². The Morgan fingerprint density at radius 1 is 0.517 bits per heavy atom. The van der Waals surface area contributed by atoms with E-state index < -0.39 is 24.3 Å². The molecule has 0 aliphatic rings. The fourth-order valence-corrected chi connectivity index (χ4v) is 6.13. The molecule has 0 bridgehead atoms. The second-order valence-corrected chi connectivity index (χ2v) is 16.7. The number of carboxylic acid groups (broad SMARTS) is 1. The Balaban J connectivity index is 4.43. The smallest absolute Gasteiger partial charge is 0.361 e. The van der Waals surface area contributed by atoms with Gasteiger partial charge in [-0.15, -0.1) is 0 Å². The predicted molar refractivity (Wildman–Crippen MR) is 240 cm³/mol. The van der Waals surface area contributed by atoms with Crippen molar-refractivity contribution in [2.45, 2.75) is 200 Å². The molecule has 1 N–H and O–H groups in total. The number of hydrogen-bond acceptors (Lipinski definition) is 7. The van der Waals surface area contributed by atoms with Gasteiger partial charge in [0.25, 0.3) is 6.29 Å². The molecule has 0 rings (SSSR count). The number of carboxylic acids is 1. The Morgan fingerprint density at radius 2 is 0.931 bits per heavy atom. The average molecular weight is 819 g/mol. The molecule has 0 aliphatic heterocycles. The van der Waals surface area contributed by atoms with Crippen LogP contribution in [0.2, 0.25) is 0 Å². The minimum atomic E-state index is -1.51. The highest BCUT2D eigenvalue weighted by atomic mass is 16.7. The molecule has 9 nitrogen and oxygen atoms in total. The standard InChI is InChI=1S/C49H87NO8/c1-6-8-10-12-14-16-18-20-21-22-23-24-25-26-27-28-30-32-34-36-38-40-47(52)58-45(44-57-49(48(53)54)55-42-41-50(3,4)5)43-56-46(51)39-37-35-33-31-29-19-17-15-13-11-9-7-2/h15,17-18,20,22-23,25-26,45,49H,6-14,16,19,21,24,27-44H2,1-5H3/p+1/b17-15-,20-18-,23-22-,26-25-. The fourth-order valence-electron chi connectivity index (χ4n) is 6.13. The number of aliphatic carboxylic acids is 1. The molecule has 0 heterocycles. The normalized spacial score (nSPS) is 13.3. The molecule has 2 atom stereocenters. The van der Waals surface area contributed by atoms with Gasteiger partial charge in [-0.05, 0) is 77.0 Å². The van der Waals surface area contributed by atoms with Crippen molar-refractivity contribution in [2.75, 3.05) is 47.5 Å². The molecular formula is C49H88NO8+. The highest BCUT2D eigenvalue weighted by Gasteiger charge is 2.25. The maximum absolute atomic E-state index is 12.8. The zero-order valence-electron chi connectivity index (χ0n) is 37.9. The van der Waals surface area contributed by atoms with Gasteiger partial charge in [-0.25, -0.2) is 4.79 Å². The van der Waals surface area contributed by atoms with E-state index in [9.17, 15) is 19.5 Å². The molecule has 0 fully saturated rings. The number of carbonyl (C=O) groups excluding carboxylic acids is 2. The Labute approximate surface area is 355 Å². The topological polar surface area (TPSA) is 108 Å². The van der Waals surface area contributed by atoms with E-state index in [1.54, 1.807) is 0 Å². The van der Waals surface area contributed by atoms with Crippen LogP contribution in [0.4, 0.5) is 0 Å². The van der Waals surface area contributed by atoms with Crippen molar-refractivity contribution in [2.24, 2.45) is 0 Å². The summed E-state index contributed by atoms with van der Waals surface area (Å²) in [5.41, 5.74) is 0. The molecule has 336 valence electrons. The minimum absolute atomic E-state index is 0.182. The summed E-state index contributed by atoms with van der Waals surface area (Å²) in [5.74, 6) is -2.04. The maximum atomic E-state index is 12.8. The van der Waals surface area contributed by atoms with Crippen LogP contribution < -0.4 is 0 Å². The summed E-state index contributed by atoms with van der Waals surface area (Å²) in [5, 5.41) is 9.63. The summed E-state index contributed by atoms with van der Waals surface area (Å²) in [6.45, 7) is 4.80. The van der Waals surface area contributed by atoms with Crippen LogP contribution in [0, 0.1) is 0 Å². The number of allylic oxidation sites excluding steroid dienone is 8.